The molecule has 1 rings (SSSR count). The lowest BCUT2D eigenvalue weighted by Crippen LogP contribution is -2.17. The maximum Gasteiger partial charge on any atom is 0.283 e. The summed E-state index contributed by atoms with van der Waals surface area (Å²) in [5.74, 6) is -2.89. The van der Waals surface area contributed by atoms with Crippen LogP contribution in [0.25, 0.3) is 0 Å². The molecule has 1 aromatic rings. The molecule has 0 aliphatic carbocycles. The molecule has 5 heteroatoms. The third-order valence-corrected chi connectivity index (χ3v) is 2.59. The van der Waals surface area contributed by atoms with E-state index in [0.29, 0.717) is 0 Å². The van der Waals surface area contributed by atoms with Gasteiger partial charge in [0.05, 0.1) is 10.4 Å². The van der Waals surface area contributed by atoms with Crippen molar-refractivity contribution in [3.05, 3.63) is 21.9 Å². The van der Waals surface area contributed by atoms with E-state index in [4.69, 9.17) is 11.0 Å². The van der Waals surface area contributed by atoms with Gasteiger partial charge in [0.2, 0.25) is 0 Å². The number of nitrogens with zero attached hydrogens (tertiary/aromatic N) is 1. The number of rotatable bonds is 3. The quantitative estimate of drug-likeness (QED) is 0.815. The largest absolute Gasteiger partial charge is 0.330 e. The minimum Gasteiger partial charge on any atom is -0.330 e. The Bertz CT molecular complexity index is 327. The Balaban J connectivity index is 2.88. The Morgan fingerprint density at radius 2 is 2.31 bits per heavy atom. The number of hydrogen-bond donors (Lipinski definition) is 1. The molecular formula is C8H8F2N2S. The van der Waals surface area contributed by atoms with E-state index in [1.165, 1.54) is 11.4 Å². The summed E-state index contributed by atoms with van der Waals surface area (Å²) in [5, 5.41) is 9.85. The highest BCUT2D eigenvalue weighted by atomic mass is 32.1. The fourth-order valence-corrected chi connectivity index (χ4v) is 1.74. The molecule has 0 saturated carbocycles. The van der Waals surface area contributed by atoms with Crippen LogP contribution in [0.5, 0.6) is 0 Å². The van der Waals surface area contributed by atoms with Gasteiger partial charge in [-0.15, -0.1) is 11.3 Å². The molecule has 13 heavy (non-hydrogen) atoms. The molecule has 1 aromatic heterocycles. The zero-order valence-corrected chi connectivity index (χ0v) is 7.57. The first kappa shape index (κ1) is 10.1. The van der Waals surface area contributed by atoms with Gasteiger partial charge >= 0.3 is 0 Å². The summed E-state index contributed by atoms with van der Waals surface area (Å²) in [6, 6.07) is 3.02. The first-order chi connectivity index (χ1) is 6.10. The third kappa shape index (κ3) is 2.23. The van der Waals surface area contributed by atoms with Gasteiger partial charge in [0.25, 0.3) is 5.92 Å². The standard InChI is InChI=1S/C8H8F2N2S/c9-8(10,1-2-11)7-3-6(4-12)5-13-7/h3,5H,1-2,11H2. The van der Waals surface area contributed by atoms with Crippen LogP contribution in [0.1, 0.15) is 16.9 Å². The molecule has 0 saturated heterocycles. The maximum atomic E-state index is 13.1. The van der Waals surface area contributed by atoms with Gasteiger partial charge in [-0.25, -0.2) is 8.78 Å². The molecule has 2 nitrogen and oxygen atoms in total. The Morgan fingerprint density at radius 1 is 1.62 bits per heavy atom. The van der Waals surface area contributed by atoms with Crippen LogP contribution >= 0.6 is 11.3 Å². The van der Waals surface area contributed by atoms with E-state index < -0.39 is 5.92 Å². The van der Waals surface area contributed by atoms with Crippen LogP contribution in [-0.2, 0) is 5.92 Å². The summed E-state index contributed by atoms with van der Waals surface area (Å²) in [6.45, 7) is -0.0627. The molecule has 0 bridgehead atoms. The van der Waals surface area contributed by atoms with Crippen molar-refractivity contribution >= 4 is 11.3 Å². The number of nitrogens with two attached hydrogens (primary N) is 1. The molecule has 0 radical (unpaired) electrons. The molecule has 2 N–H and O–H groups in total. The van der Waals surface area contributed by atoms with Crippen molar-refractivity contribution in [3.8, 4) is 6.07 Å². The second-order valence-corrected chi connectivity index (χ2v) is 3.47. The molecule has 0 unspecified atom stereocenters. The second-order valence-electron chi connectivity index (χ2n) is 2.55. The van der Waals surface area contributed by atoms with E-state index in [2.05, 4.69) is 0 Å². The summed E-state index contributed by atoms with van der Waals surface area (Å²) in [4.78, 5) is -0.0884. The zero-order chi connectivity index (χ0) is 9.90. The Labute approximate surface area is 78.6 Å². The van der Waals surface area contributed by atoms with Crippen molar-refractivity contribution in [2.75, 3.05) is 6.54 Å². The first-order valence-electron chi connectivity index (χ1n) is 3.67. The van der Waals surface area contributed by atoms with E-state index >= 15 is 0 Å². The Kier molecular flexibility index (Phi) is 2.96. The average Bonchev–Trinajstić information content (AvgIpc) is 2.52. The maximum absolute atomic E-state index is 13.1. The summed E-state index contributed by atoms with van der Waals surface area (Å²) < 4.78 is 26.3. The van der Waals surface area contributed by atoms with E-state index in [9.17, 15) is 8.78 Å². The molecule has 0 spiro atoms. The van der Waals surface area contributed by atoms with Gasteiger partial charge in [0, 0.05) is 11.8 Å². The van der Waals surface area contributed by atoms with Gasteiger partial charge in [-0.2, -0.15) is 5.26 Å². The average molecular weight is 202 g/mol. The number of alkyl halides is 2. The molecule has 0 fully saturated rings. The van der Waals surface area contributed by atoms with Crippen molar-refractivity contribution in [2.45, 2.75) is 12.3 Å². The summed E-state index contributed by atoms with van der Waals surface area (Å²) in [6.07, 6.45) is -0.377. The molecule has 0 amide bonds. The molecule has 0 aliphatic heterocycles. The van der Waals surface area contributed by atoms with Crippen LogP contribution in [0.3, 0.4) is 0 Å². The Morgan fingerprint density at radius 3 is 2.77 bits per heavy atom. The van der Waals surface area contributed by atoms with Crippen molar-refractivity contribution in [3.63, 3.8) is 0 Å². The topological polar surface area (TPSA) is 49.8 Å². The van der Waals surface area contributed by atoms with Crippen molar-refractivity contribution < 1.29 is 8.78 Å². The lowest BCUT2D eigenvalue weighted by molar-refractivity contribution is -0.00683. The Hall–Kier alpha value is -0.990. The van der Waals surface area contributed by atoms with Crippen molar-refractivity contribution in [1.29, 1.82) is 5.26 Å². The molecular weight excluding hydrogens is 194 g/mol. The van der Waals surface area contributed by atoms with E-state index in [1.54, 1.807) is 0 Å². The normalized spacial score (nSPS) is 11.2. The highest BCUT2D eigenvalue weighted by Crippen LogP contribution is 2.35. The van der Waals surface area contributed by atoms with Crippen LogP contribution in [0, 0.1) is 11.3 Å². The summed E-state index contributed by atoms with van der Waals surface area (Å²) in [7, 11) is 0. The van der Waals surface area contributed by atoms with Gasteiger partial charge in [-0.05, 0) is 12.6 Å². The van der Waals surface area contributed by atoms with Crippen molar-refractivity contribution in [1.82, 2.24) is 0 Å². The van der Waals surface area contributed by atoms with Crippen molar-refractivity contribution in [2.24, 2.45) is 5.73 Å². The highest BCUT2D eigenvalue weighted by molar-refractivity contribution is 7.10. The summed E-state index contributed by atoms with van der Waals surface area (Å²) >= 11 is 0.893. The fourth-order valence-electron chi connectivity index (χ4n) is 0.891. The third-order valence-electron chi connectivity index (χ3n) is 1.55. The number of thiophene rings is 1. The van der Waals surface area contributed by atoms with Crippen LogP contribution in [-0.4, -0.2) is 6.54 Å². The monoisotopic (exact) mass is 202 g/mol. The van der Waals surface area contributed by atoms with E-state index in [1.807, 2.05) is 6.07 Å². The molecule has 0 aliphatic rings. The van der Waals surface area contributed by atoms with Gasteiger partial charge in [-0.1, -0.05) is 0 Å². The van der Waals surface area contributed by atoms with Gasteiger partial charge < -0.3 is 5.73 Å². The first-order valence-corrected chi connectivity index (χ1v) is 4.55. The number of halogens is 2. The van der Waals surface area contributed by atoms with Crippen LogP contribution in [0.15, 0.2) is 11.4 Å². The SMILES string of the molecule is N#Cc1csc(C(F)(F)CCN)c1. The fraction of sp³-hybridized carbons (Fsp3) is 0.375. The van der Waals surface area contributed by atoms with Crippen LogP contribution < -0.4 is 5.73 Å². The predicted molar refractivity (Wildman–Crippen MR) is 46.6 cm³/mol. The number of hydrogen-bond acceptors (Lipinski definition) is 3. The van der Waals surface area contributed by atoms with E-state index in [-0.39, 0.29) is 23.4 Å². The smallest absolute Gasteiger partial charge is 0.283 e. The molecule has 0 aromatic carbocycles. The summed E-state index contributed by atoms with van der Waals surface area (Å²) in [5.41, 5.74) is 5.33. The minimum atomic E-state index is -2.89. The lowest BCUT2D eigenvalue weighted by Gasteiger charge is -2.12. The zero-order valence-electron chi connectivity index (χ0n) is 6.76. The predicted octanol–water partition coefficient (Wildman–Crippen LogP) is 2.06. The highest BCUT2D eigenvalue weighted by Gasteiger charge is 2.32. The van der Waals surface area contributed by atoms with Crippen LogP contribution in [0.4, 0.5) is 8.78 Å². The number of nitriles is 1. The molecule has 0 atom stereocenters. The van der Waals surface area contributed by atoms with Crippen LogP contribution in [0.2, 0.25) is 0 Å². The molecule has 1 heterocycles. The lowest BCUT2D eigenvalue weighted by atomic mass is 10.2. The van der Waals surface area contributed by atoms with E-state index in [0.717, 1.165) is 11.3 Å². The minimum absolute atomic E-state index is 0.0627. The second kappa shape index (κ2) is 3.81. The van der Waals surface area contributed by atoms with Gasteiger partial charge in [0.1, 0.15) is 6.07 Å². The van der Waals surface area contributed by atoms with Gasteiger partial charge in [0.15, 0.2) is 0 Å². The van der Waals surface area contributed by atoms with Gasteiger partial charge in [-0.3, -0.25) is 0 Å². The molecule has 70 valence electrons.